The van der Waals surface area contributed by atoms with Gasteiger partial charge in [0.15, 0.2) is 0 Å². The topological polar surface area (TPSA) is 37.4 Å². The van der Waals surface area contributed by atoms with Crippen LogP contribution in [0.25, 0.3) is 0 Å². The summed E-state index contributed by atoms with van der Waals surface area (Å²) < 4.78 is 40.3. The van der Waals surface area contributed by atoms with Crippen molar-refractivity contribution in [3.8, 4) is 0 Å². The van der Waals surface area contributed by atoms with Crippen molar-refractivity contribution in [2.75, 3.05) is 6.54 Å². The van der Waals surface area contributed by atoms with Crippen LogP contribution in [0.2, 0.25) is 0 Å². The molecule has 106 valence electrons. The van der Waals surface area contributed by atoms with Crippen LogP contribution in [0.15, 0.2) is 23.1 Å². The maximum Gasteiger partial charge on any atom is 0.246 e. The molecule has 0 spiro atoms. The molecule has 2 rings (SSSR count). The fourth-order valence-corrected chi connectivity index (χ4v) is 4.60. The maximum absolute atomic E-state index is 13.8. The summed E-state index contributed by atoms with van der Waals surface area (Å²) in [5.74, 6) is -0.265. The molecule has 0 aromatic heterocycles. The van der Waals surface area contributed by atoms with Crippen molar-refractivity contribution in [2.45, 2.75) is 37.1 Å². The maximum atomic E-state index is 13.8. The minimum Gasteiger partial charge on any atom is -0.207 e. The van der Waals surface area contributed by atoms with Crippen molar-refractivity contribution in [1.82, 2.24) is 4.31 Å². The first-order valence-corrected chi connectivity index (χ1v) is 8.20. The Morgan fingerprint density at radius 2 is 2.11 bits per heavy atom. The van der Waals surface area contributed by atoms with Crippen LogP contribution in [0, 0.1) is 11.7 Å². The summed E-state index contributed by atoms with van der Waals surface area (Å²) >= 11 is 5.68. The SMILES string of the molecule is CC1CC(C)N(S(=O)(=O)c2cc(CCl)ccc2F)C1. The van der Waals surface area contributed by atoms with Crippen molar-refractivity contribution < 1.29 is 12.8 Å². The van der Waals surface area contributed by atoms with E-state index >= 15 is 0 Å². The van der Waals surface area contributed by atoms with Gasteiger partial charge in [0.25, 0.3) is 0 Å². The molecule has 1 saturated heterocycles. The van der Waals surface area contributed by atoms with E-state index in [2.05, 4.69) is 0 Å². The summed E-state index contributed by atoms with van der Waals surface area (Å²) in [6.07, 6.45) is 0.802. The summed E-state index contributed by atoms with van der Waals surface area (Å²) in [6, 6.07) is 3.89. The van der Waals surface area contributed by atoms with Crippen LogP contribution in [0.3, 0.4) is 0 Å². The molecule has 2 atom stereocenters. The third kappa shape index (κ3) is 2.78. The lowest BCUT2D eigenvalue weighted by atomic mass is 10.1. The molecule has 19 heavy (non-hydrogen) atoms. The zero-order valence-electron chi connectivity index (χ0n) is 10.9. The van der Waals surface area contributed by atoms with Crippen molar-refractivity contribution in [2.24, 2.45) is 5.92 Å². The molecule has 0 radical (unpaired) electrons. The van der Waals surface area contributed by atoms with Gasteiger partial charge in [-0.1, -0.05) is 13.0 Å². The fraction of sp³-hybridized carbons (Fsp3) is 0.538. The van der Waals surface area contributed by atoms with Gasteiger partial charge >= 0.3 is 0 Å². The predicted octanol–water partition coefficient (Wildman–Crippen LogP) is 2.98. The summed E-state index contributed by atoms with van der Waals surface area (Å²) in [7, 11) is -3.78. The second-order valence-corrected chi connectivity index (χ2v) is 7.29. The number of alkyl halides is 1. The van der Waals surface area contributed by atoms with Gasteiger partial charge in [-0.15, -0.1) is 11.6 Å². The van der Waals surface area contributed by atoms with Crippen molar-refractivity contribution in [3.05, 3.63) is 29.6 Å². The lowest BCUT2D eigenvalue weighted by molar-refractivity contribution is 0.402. The van der Waals surface area contributed by atoms with Crippen LogP contribution in [0.4, 0.5) is 4.39 Å². The van der Waals surface area contributed by atoms with E-state index in [0.29, 0.717) is 18.0 Å². The van der Waals surface area contributed by atoms with Gasteiger partial charge in [-0.25, -0.2) is 12.8 Å². The summed E-state index contributed by atoms with van der Waals surface area (Å²) in [4.78, 5) is -0.272. The van der Waals surface area contributed by atoms with Crippen LogP contribution in [0.1, 0.15) is 25.8 Å². The summed E-state index contributed by atoms with van der Waals surface area (Å²) in [6.45, 7) is 4.29. The number of halogens is 2. The first kappa shape index (κ1) is 14.8. The quantitative estimate of drug-likeness (QED) is 0.805. The number of sulfonamides is 1. The number of hydrogen-bond donors (Lipinski definition) is 0. The minimum absolute atomic E-state index is 0.0981. The normalized spacial score (nSPS) is 24.8. The number of hydrogen-bond acceptors (Lipinski definition) is 2. The predicted molar refractivity (Wildman–Crippen MR) is 73.1 cm³/mol. The van der Waals surface area contributed by atoms with Crippen LogP contribution < -0.4 is 0 Å². The van der Waals surface area contributed by atoms with Gasteiger partial charge in [0.1, 0.15) is 10.7 Å². The molecule has 1 aromatic rings. The van der Waals surface area contributed by atoms with E-state index in [1.165, 1.54) is 16.4 Å². The Morgan fingerprint density at radius 3 is 2.63 bits per heavy atom. The van der Waals surface area contributed by atoms with Gasteiger partial charge in [0.2, 0.25) is 10.0 Å². The number of rotatable bonds is 3. The van der Waals surface area contributed by atoms with E-state index in [0.717, 1.165) is 12.5 Å². The largest absolute Gasteiger partial charge is 0.246 e. The Kier molecular flexibility index (Phi) is 4.18. The van der Waals surface area contributed by atoms with Gasteiger partial charge in [-0.3, -0.25) is 0 Å². The molecule has 1 heterocycles. The van der Waals surface area contributed by atoms with Gasteiger partial charge < -0.3 is 0 Å². The molecule has 3 nitrogen and oxygen atoms in total. The van der Waals surface area contributed by atoms with Crippen LogP contribution in [-0.2, 0) is 15.9 Å². The Hall–Kier alpha value is -0.650. The number of benzene rings is 1. The Morgan fingerprint density at radius 1 is 1.42 bits per heavy atom. The van der Waals surface area contributed by atoms with Gasteiger partial charge in [-0.05, 0) is 37.0 Å². The summed E-state index contributed by atoms with van der Waals surface area (Å²) in [5.41, 5.74) is 0.599. The highest BCUT2D eigenvalue weighted by molar-refractivity contribution is 7.89. The van der Waals surface area contributed by atoms with Crippen molar-refractivity contribution >= 4 is 21.6 Å². The highest BCUT2D eigenvalue weighted by Crippen LogP contribution is 2.30. The second-order valence-electron chi connectivity index (χ2n) is 5.16. The van der Waals surface area contributed by atoms with E-state index in [-0.39, 0.29) is 16.8 Å². The highest BCUT2D eigenvalue weighted by atomic mass is 35.5. The van der Waals surface area contributed by atoms with Crippen molar-refractivity contribution in [1.29, 1.82) is 0 Å². The standard InChI is InChI=1S/C13H17ClFNO2S/c1-9-5-10(2)16(8-9)19(17,18)13-6-11(7-14)3-4-12(13)15/h3-4,6,9-10H,5,7-8H2,1-2H3. The van der Waals surface area contributed by atoms with Crippen LogP contribution in [0.5, 0.6) is 0 Å². The van der Waals surface area contributed by atoms with E-state index in [9.17, 15) is 12.8 Å². The molecule has 6 heteroatoms. The zero-order valence-corrected chi connectivity index (χ0v) is 12.5. The van der Waals surface area contributed by atoms with E-state index in [1.54, 1.807) is 0 Å². The lowest BCUT2D eigenvalue weighted by Gasteiger charge is -2.21. The first-order chi connectivity index (χ1) is 8.86. The average molecular weight is 306 g/mol. The molecule has 1 fully saturated rings. The Bertz CT molecular complexity index is 576. The Balaban J connectivity index is 2.45. The van der Waals surface area contributed by atoms with E-state index < -0.39 is 15.8 Å². The second kappa shape index (κ2) is 5.38. The van der Waals surface area contributed by atoms with E-state index in [4.69, 9.17) is 11.6 Å². The van der Waals surface area contributed by atoms with Crippen LogP contribution in [-0.4, -0.2) is 25.3 Å². The van der Waals surface area contributed by atoms with Gasteiger partial charge in [0.05, 0.1) is 0 Å². The molecule has 0 saturated carbocycles. The number of nitrogens with zero attached hydrogens (tertiary/aromatic N) is 1. The fourth-order valence-electron chi connectivity index (χ4n) is 2.55. The molecule has 2 unspecified atom stereocenters. The first-order valence-electron chi connectivity index (χ1n) is 6.22. The third-order valence-electron chi connectivity index (χ3n) is 3.46. The van der Waals surface area contributed by atoms with Gasteiger partial charge in [-0.2, -0.15) is 4.31 Å². The smallest absolute Gasteiger partial charge is 0.207 e. The molecule has 1 aliphatic heterocycles. The molecular weight excluding hydrogens is 289 g/mol. The lowest BCUT2D eigenvalue weighted by Crippen LogP contribution is -2.34. The van der Waals surface area contributed by atoms with Gasteiger partial charge in [0, 0.05) is 18.5 Å². The molecule has 1 aliphatic rings. The Labute approximate surface area is 118 Å². The minimum atomic E-state index is -3.78. The monoisotopic (exact) mass is 305 g/mol. The van der Waals surface area contributed by atoms with Crippen LogP contribution >= 0.6 is 11.6 Å². The van der Waals surface area contributed by atoms with Crippen molar-refractivity contribution in [3.63, 3.8) is 0 Å². The highest BCUT2D eigenvalue weighted by Gasteiger charge is 2.37. The molecule has 0 amide bonds. The van der Waals surface area contributed by atoms with E-state index in [1.807, 2.05) is 13.8 Å². The average Bonchev–Trinajstić information content (AvgIpc) is 2.69. The molecule has 1 aromatic carbocycles. The summed E-state index contributed by atoms with van der Waals surface area (Å²) in [5, 5.41) is 0. The molecule has 0 aliphatic carbocycles. The molecular formula is C13H17ClFNO2S. The molecule has 0 N–H and O–H groups in total. The zero-order chi connectivity index (χ0) is 14.2. The molecule has 0 bridgehead atoms. The third-order valence-corrected chi connectivity index (χ3v) is 5.77.